The van der Waals surface area contributed by atoms with Crippen molar-refractivity contribution in [1.82, 2.24) is 9.88 Å². The number of nitro groups is 1. The number of fused-ring (bicyclic) bond motifs is 1. The Morgan fingerprint density at radius 2 is 1.93 bits per heavy atom. The Bertz CT molecular complexity index is 1040. The molecule has 1 saturated heterocycles. The summed E-state index contributed by atoms with van der Waals surface area (Å²) < 4.78 is 0. The van der Waals surface area contributed by atoms with Crippen LogP contribution < -0.4 is 0 Å². The third-order valence-electron chi connectivity index (χ3n) is 5.40. The summed E-state index contributed by atoms with van der Waals surface area (Å²) in [6.45, 7) is 1.50. The summed E-state index contributed by atoms with van der Waals surface area (Å²) in [4.78, 5) is 29.2. The quantitative estimate of drug-likeness (QED) is 0.492. The molecular weight excluding hydrogens is 378 g/mol. The molecule has 1 fully saturated rings. The zero-order valence-electron chi connectivity index (χ0n) is 15.2. The maximum atomic E-state index is 12.9. The molecule has 0 radical (unpaired) electrons. The predicted molar refractivity (Wildman–Crippen MR) is 109 cm³/mol. The molecule has 2 heterocycles. The molecule has 0 unspecified atom stereocenters. The number of H-pyrrole nitrogens is 1. The van der Waals surface area contributed by atoms with Crippen molar-refractivity contribution in [2.75, 3.05) is 13.1 Å². The van der Waals surface area contributed by atoms with Crippen LogP contribution in [0.5, 0.6) is 0 Å². The molecule has 1 N–H and O–H groups in total. The Balaban J connectivity index is 1.82. The normalized spacial score (nSPS) is 15.1. The predicted octanol–water partition coefficient (Wildman–Crippen LogP) is 4.87. The number of nitrogens with zero attached hydrogens (tertiary/aromatic N) is 2. The number of benzene rings is 2. The number of carbonyl (C=O) groups is 1. The third-order valence-corrected chi connectivity index (χ3v) is 5.63. The van der Waals surface area contributed by atoms with Crippen molar-refractivity contribution >= 4 is 34.1 Å². The van der Waals surface area contributed by atoms with Crippen LogP contribution in [0, 0.1) is 10.1 Å². The molecule has 0 spiro atoms. The van der Waals surface area contributed by atoms with Gasteiger partial charge in [-0.25, -0.2) is 0 Å². The van der Waals surface area contributed by atoms with E-state index in [1.165, 1.54) is 6.07 Å². The van der Waals surface area contributed by atoms with Gasteiger partial charge >= 0.3 is 0 Å². The SMILES string of the molecule is O=C(C[C@@H](c1ccccc1[N+](=O)[O-])c1c[nH]c2ccc(Cl)cc12)N1CCCC1. The number of likely N-dealkylation sites (tertiary alicyclic amines) is 1. The zero-order valence-corrected chi connectivity index (χ0v) is 16.0. The molecule has 4 rings (SSSR count). The first-order valence-corrected chi connectivity index (χ1v) is 9.70. The van der Waals surface area contributed by atoms with E-state index in [1.807, 2.05) is 23.2 Å². The van der Waals surface area contributed by atoms with Gasteiger partial charge in [-0.15, -0.1) is 0 Å². The van der Waals surface area contributed by atoms with E-state index in [1.54, 1.807) is 24.3 Å². The van der Waals surface area contributed by atoms with Crippen LogP contribution in [0.15, 0.2) is 48.7 Å². The summed E-state index contributed by atoms with van der Waals surface area (Å²) in [6.07, 6.45) is 4.03. The van der Waals surface area contributed by atoms with Crippen molar-refractivity contribution in [1.29, 1.82) is 0 Å². The summed E-state index contributed by atoms with van der Waals surface area (Å²) >= 11 is 6.19. The first kappa shape index (κ1) is 18.5. The highest BCUT2D eigenvalue weighted by molar-refractivity contribution is 6.31. The maximum Gasteiger partial charge on any atom is 0.273 e. The number of amides is 1. The average Bonchev–Trinajstić information content (AvgIpc) is 3.36. The average molecular weight is 398 g/mol. The van der Waals surface area contributed by atoms with Crippen LogP contribution in [0.25, 0.3) is 10.9 Å². The first-order valence-electron chi connectivity index (χ1n) is 9.32. The second kappa shape index (κ2) is 7.64. The summed E-state index contributed by atoms with van der Waals surface area (Å²) in [5.41, 5.74) is 2.30. The number of para-hydroxylation sites is 1. The molecule has 0 bridgehead atoms. The highest BCUT2D eigenvalue weighted by Crippen LogP contribution is 2.38. The summed E-state index contributed by atoms with van der Waals surface area (Å²) in [7, 11) is 0. The number of hydrogen-bond acceptors (Lipinski definition) is 3. The summed E-state index contributed by atoms with van der Waals surface area (Å²) in [6, 6.07) is 12.2. The number of aromatic nitrogens is 1. The van der Waals surface area contributed by atoms with E-state index in [9.17, 15) is 14.9 Å². The number of rotatable bonds is 5. The molecule has 28 heavy (non-hydrogen) atoms. The lowest BCUT2D eigenvalue weighted by Crippen LogP contribution is -2.29. The molecule has 0 aliphatic carbocycles. The fourth-order valence-corrected chi connectivity index (χ4v) is 4.18. The van der Waals surface area contributed by atoms with Crippen molar-refractivity contribution in [3.63, 3.8) is 0 Å². The first-order chi connectivity index (χ1) is 13.5. The fraction of sp³-hybridized carbons (Fsp3) is 0.286. The second-order valence-corrected chi connectivity index (χ2v) is 7.53. The van der Waals surface area contributed by atoms with Crippen LogP contribution in [0.1, 0.15) is 36.3 Å². The van der Waals surface area contributed by atoms with Crippen molar-refractivity contribution in [2.24, 2.45) is 0 Å². The lowest BCUT2D eigenvalue weighted by molar-refractivity contribution is -0.385. The third kappa shape index (κ3) is 3.47. The van der Waals surface area contributed by atoms with Crippen molar-refractivity contribution in [3.05, 3.63) is 74.9 Å². The van der Waals surface area contributed by atoms with E-state index in [0.717, 1.165) is 42.4 Å². The molecule has 1 aliphatic rings. The van der Waals surface area contributed by atoms with Gasteiger partial charge in [0.2, 0.25) is 5.91 Å². The Hall–Kier alpha value is -2.86. The fourth-order valence-electron chi connectivity index (χ4n) is 4.01. The molecule has 2 aromatic carbocycles. The summed E-state index contributed by atoms with van der Waals surface area (Å²) in [5, 5.41) is 13.1. The van der Waals surface area contributed by atoms with E-state index in [4.69, 9.17) is 11.6 Å². The number of carbonyl (C=O) groups excluding carboxylic acids is 1. The zero-order chi connectivity index (χ0) is 19.7. The van der Waals surface area contributed by atoms with Crippen LogP contribution in [-0.4, -0.2) is 33.8 Å². The molecule has 144 valence electrons. The van der Waals surface area contributed by atoms with Crippen molar-refractivity contribution in [3.8, 4) is 0 Å². The minimum absolute atomic E-state index is 0.0250. The molecule has 1 aromatic heterocycles. The number of nitrogens with one attached hydrogen (secondary N) is 1. The minimum atomic E-state index is -0.429. The smallest absolute Gasteiger partial charge is 0.273 e. The number of nitro benzene ring substituents is 1. The number of hydrogen-bond donors (Lipinski definition) is 1. The molecule has 1 aliphatic heterocycles. The Morgan fingerprint density at radius 3 is 2.68 bits per heavy atom. The van der Waals surface area contributed by atoms with Crippen LogP contribution in [0.4, 0.5) is 5.69 Å². The lowest BCUT2D eigenvalue weighted by Gasteiger charge is -2.21. The van der Waals surface area contributed by atoms with Crippen LogP contribution in [0.3, 0.4) is 0 Å². The highest BCUT2D eigenvalue weighted by Gasteiger charge is 2.30. The largest absolute Gasteiger partial charge is 0.361 e. The molecular formula is C21H20ClN3O3. The summed E-state index contributed by atoms with van der Waals surface area (Å²) in [5.74, 6) is -0.404. The van der Waals surface area contributed by atoms with Gasteiger partial charge in [0.15, 0.2) is 0 Å². The van der Waals surface area contributed by atoms with Crippen molar-refractivity contribution in [2.45, 2.75) is 25.2 Å². The van der Waals surface area contributed by atoms with Gasteiger partial charge in [-0.1, -0.05) is 29.8 Å². The highest BCUT2D eigenvalue weighted by atomic mass is 35.5. The van der Waals surface area contributed by atoms with Crippen LogP contribution in [0.2, 0.25) is 5.02 Å². The Morgan fingerprint density at radius 1 is 1.18 bits per heavy atom. The molecule has 1 amide bonds. The minimum Gasteiger partial charge on any atom is -0.361 e. The maximum absolute atomic E-state index is 12.9. The van der Waals surface area contributed by atoms with E-state index in [0.29, 0.717) is 10.6 Å². The van der Waals surface area contributed by atoms with Gasteiger partial charge in [-0.05, 0) is 36.6 Å². The van der Waals surface area contributed by atoms with Gasteiger partial charge in [0.05, 0.1) is 4.92 Å². The van der Waals surface area contributed by atoms with Crippen LogP contribution in [-0.2, 0) is 4.79 Å². The van der Waals surface area contributed by atoms with Crippen LogP contribution >= 0.6 is 11.6 Å². The van der Waals surface area contributed by atoms with Gasteiger partial charge in [0.1, 0.15) is 0 Å². The van der Waals surface area contributed by atoms with E-state index < -0.39 is 5.92 Å². The molecule has 0 saturated carbocycles. The molecule has 3 aromatic rings. The lowest BCUT2D eigenvalue weighted by atomic mass is 9.86. The van der Waals surface area contributed by atoms with Gasteiger partial charge in [-0.3, -0.25) is 14.9 Å². The van der Waals surface area contributed by atoms with E-state index in [-0.39, 0.29) is 22.9 Å². The molecule has 6 nitrogen and oxygen atoms in total. The van der Waals surface area contributed by atoms with Gasteiger partial charge in [0.25, 0.3) is 5.69 Å². The van der Waals surface area contributed by atoms with E-state index >= 15 is 0 Å². The second-order valence-electron chi connectivity index (χ2n) is 7.09. The topological polar surface area (TPSA) is 79.2 Å². The Kier molecular flexibility index (Phi) is 5.05. The van der Waals surface area contributed by atoms with Gasteiger partial charge in [0, 0.05) is 59.2 Å². The molecule has 1 atom stereocenters. The van der Waals surface area contributed by atoms with Gasteiger partial charge in [-0.2, -0.15) is 0 Å². The van der Waals surface area contributed by atoms with Gasteiger partial charge < -0.3 is 9.88 Å². The number of halogens is 1. The number of aromatic amines is 1. The Labute approximate surface area is 167 Å². The molecule has 7 heteroatoms. The monoisotopic (exact) mass is 397 g/mol. The standard InChI is InChI=1S/C21H20ClN3O3/c22-14-7-8-19-17(11-14)18(13-23-19)16(12-21(26)24-9-3-4-10-24)15-5-1-2-6-20(15)25(27)28/h1-2,5-8,11,13,16,23H,3-4,9-10,12H2/t16-/m0/s1. The van der Waals surface area contributed by atoms with E-state index in [2.05, 4.69) is 4.98 Å². The van der Waals surface area contributed by atoms with Crippen molar-refractivity contribution < 1.29 is 9.72 Å².